The van der Waals surface area contributed by atoms with Crippen molar-refractivity contribution in [1.82, 2.24) is 4.57 Å². The maximum absolute atomic E-state index is 9.26. The number of fused-ring (bicyclic) bond motifs is 5. The SMILES string of the molecule is [2H]C(C)(C)c1cccc(C([2H])(C)C)c1-c1ccc(-n2c3[n+]4c5c(cccc52)-c2cc(-c5ccccc5)cc5c2C4(Oc2c-3cc(C(C)(C)C)cc2C(C)(C)C)[n+]2ccc(-c3ccc(C(C)(C)C)cc3)cc2-5)cc1. The van der Waals surface area contributed by atoms with Crippen LogP contribution in [0.15, 0.2) is 158 Å². The predicted octanol–water partition coefficient (Wildman–Crippen LogP) is 16.6. The Balaban J connectivity index is 1.20. The van der Waals surface area contributed by atoms with Gasteiger partial charge in [-0.1, -0.05) is 187 Å². The molecule has 0 bridgehead atoms. The Morgan fingerprint density at radius 3 is 1.77 bits per heavy atom. The second-order valence-corrected chi connectivity index (χ2v) is 23.9. The molecule has 3 aliphatic rings. The molecular weight excluding hydrogens is 863 g/mol. The summed E-state index contributed by atoms with van der Waals surface area (Å²) < 4.78 is 34.1. The first kappa shape index (κ1) is 42.8. The molecular formula is C67H67N3O+2. The molecule has 12 rings (SSSR count). The number of nitrogens with zero attached hydrogens (tertiary/aromatic N) is 3. The summed E-state index contributed by atoms with van der Waals surface area (Å²) in [6.07, 6.45) is 2.28. The van der Waals surface area contributed by atoms with Crippen LogP contribution in [0.1, 0.15) is 138 Å². The number of pyridine rings is 1. The molecule has 0 aliphatic carbocycles. The Bertz CT molecular complexity index is 3720. The van der Waals surface area contributed by atoms with Gasteiger partial charge in [0.1, 0.15) is 16.8 Å². The van der Waals surface area contributed by atoms with Gasteiger partial charge in [0.25, 0.3) is 0 Å². The molecule has 1 spiro atoms. The number of hydrogen-bond donors (Lipinski definition) is 0. The zero-order valence-electron chi connectivity index (χ0n) is 45.8. The Hall–Kier alpha value is -7.04. The van der Waals surface area contributed by atoms with Crippen LogP contribution >= 0.6 is 0 Å². The molecule has 0 radical (unpaired) electrons. The summed E-state index contributed by atoms with van der Waals surface area (Å²) in [6.45, 7) is 28.4. The third-order valence-corrected chi connectivity index (χ3v) is 15.5. The largest absolute Gasteiger partial charge is 0.499 e. The topological polar surface area (TPSA) is 21.9 Å². The first-order valence-electron chi connectivity index (χ1n) is 26.5. The summed E-state index contributed by atoms with van der Waals surface area (Å²) in [5, 5.41) is 0. The second-order valence-electron chi connectivity index (χ2n) is 23.9. The minimum Gasteiger partial charge on any atom is -0.392 e. The van der Waals surface area contributed by atoms with Gasteiger partial charge in [0.2, 0.25) is 5.69 Å². The highest BCUT2D eigenvalue weighted by Crippen LogP contribution is 2.56. The van der Waals surface area contributed by atoms with Gasteiger partial charge in [-0.05, 0) is 126 Å². The van der Waals surface area contributed by atoms with E-state index in [0.717, 1.165) is 95.2 Å². The molecule has 0 saturated heterocycles. The molecule has 1 atom stereocenters. The third-order valence-electron chi connectivity index (χ3n) is 15.5. The van der Waals surface area contributed by atoms with Crippen LogP contribution in [0.5, 0.6) is 5.75 Å². The first-order valence-corrected chi connectivity index (χ1v) is 25.5. The van der Waals surface area contributed by atoms with Gasteiger partial charge in [0.15, 0.2) is 23.0 Å². The number of benzene rings is 7. The van der Waals surface area contributed by atoms with E-state index in [2.05, 4.69) is 228 Å². The summed E-state index contributed by atoms with van der Waals surface area (Å²) in [5.74, 6) is -0.936. The van der Waals surface area contributed by atoms with Crippen LogP contribution in [0.4, 0.5) is 0 Å². The first-order chi connectivity index (χ1) is 34.4. The fourth-order valence-corrected chi connectivity index (χ4v) is 11.8. The number of imidazole rings is 1. The van der Waals surface area contributed by atoms with E-state index in [1.807, 2.05) is 33.8 Å². The van der Waals surface area contributed by atoms with E-state index in [0.29, 0.717) is 0 Å². The Morgan fingerprint density at radius 1 is 0.521 bits per heavy atom. The standard InChI is InChI=1S/C67H67N3O/c1-40(2)50-21-17-22-51(41(3)4)59(50)44-27-31-49(32-28-44)69-57-24-18-23-52-53-35-46(42-19-15-14-16-20-42)36-54-58-37-45(43-25-29-47(30-26-43)64(5,6)7)33-34-68(58)67(60(53)54)70(61(52)57)63(69)55-38-48(65(8,9)10)39-56(62(55)71-67)66(11,12)13/h14-41H,1-13H3/q+2/i40D,41D. The average molecular weight is 932 g/mol. The maximum atomic E-state index is 9.26. The molecule has 2 aromatic heterocycles. The normalized spacial score (nSPS) is 16.2. The highest BCUT2D eigenvalue weighted by atomic mass is 16.5. The molecule has 0 N–H and O–H groups in total. The van der Waals surface area contributed by atoms with Gasteiger partial charge in [-0.3, -0.25) is 0 Å². The van der Waals surface area contributed by atoms with Gasteiger partial charge in [-0.25, -0.2) is 0 Å². The minimum absolute atomic E-state index is 0.0484. The van der Waals surface area contributed by atoms with Gasteiger partial charge in [0.05, 0.1) is 5.56 Å². The number of para-hydroxylation sites is 1. The highest BCUT2D eigenvalue weighted by molar-refractivity contribution is 5.99. The van der Waals surface area contributed by atoms with Crippen molar-refractivity contribution in [3.8, 4) is 78.6 Å². The van der Waals surface area contributed by atoms with E-state index < -0.39 is 17.6 Å². The van der Waals surface area contributed by atoms with Crippen LogP contribution in [0.2, 0.25) is 0 Å². The van der Waals surface area contributed by atoms with Crippen molar-refractivity contribution in [3.63, 3.8) is 0 Å². The van der Waals surface area contributed by atoms with E-state index in [-0.39, 0.29) is 16.2 Å². The molecule has 4 heteroatoms. The van der Waals surface area contributed by atoms with Crippen molar-refractivity contribution >= 4 is 11.0 Å². The molecule has 9 aromatic rings. The molecule has 5 heterocycles. The fourth-order valence-electron chi connectivity index (χ4n) is 11.8. The van der Waals surface area contributed by atoms with Gasteiger partial charge < -0.3 is 4.74 Å². The summed E-state index contributed by atoms with van der Waals surface area (Å²) >= 11 is 0. The van der Waals surface area contributed by atoms with Crippen LogP contribution in [0, 0.1) is 0 Å². The summed E-state index contributed by atoms with van der Waals surface area (Å²) in [6, 6.07) is 56.0. The van der Waals surface area contributed by atoms with Crippen molar-refractivity contribution in [2.24, 2.45) is 0 Å². The van der Waals surface area contributed by atoms with Crippen molar-refractivity contribution in [2.45, 2.75) is 124 Å². The summed E-state index contributed by atoms with van der Waals surface area (Å²) in [4.78, 5) is 0. The maximum Gasteiger partial charge on any atom is 0.499 e. The molecule has 1 unspecified atom stereocenters. The minimum atomic E-state index is -1.14. The monoisotopic (exact) mass is 932 g/mol. The van der Waals surface area contributed by atoms with E-state index in [1.54, 1.807) is 0 Å². The van der Waals surface area contributed by atoms with E-state index in [9.17, 15) is 2.74 Å². The molecule has 71 heavy (non-hydrogen) atoms. The molecule has 0 fully saturated rings. The van der Waals surface area contributed by atoms with E-state index in [4.69, 9.17) is 4.74 Å². The lowest BCUT2D eigenvalue weighted by Crippen LogP contribution is -2.78. The number of hydrogen-bond acceptors (Lipinski definition) is 1. The van der Waals surface area contributed by atoms with Crippen LogP contribution in [0.25, 0.3) is 83.9 Å². The quantitative estimate of drug-likeness (QED) is 0.152. The molecule has 7 aromatic carbocycles. The van der Waals surface area contributed by atoms with Crippen molar-refractivity contribution < 1.29 is 16.6 Å². The smallest absolute Gasteiger partial charge is 0.392 e. The van der Waals surface area contributed by atoms with Crippen molar-refractivity contribution in [3.05, 3.63) is 191 Å². The van der Waals surface area contributed by atoms with Crippen LogP contribution in [-0.4, -0.2) is 4.57 Å². The third kappa shape index (κ3) is 6.69. The molecule has 0 saturated carbocycles. The van der Waals surface area contributed by atoms with Crippen molar-refractivity contribution in [1.29, 1.82) is 0 Å². The lowest BCUT2D eigenvalue weighted by Gasteiger charge is -2.36. The van der Waals surface area contributed by atoms with E-state index in [1.165, 1.54) is 27.8 Å². The van der Waals surface area contributed by atoms with Gasteiger partial charge in [0, 0.05) is 31.6 Å². The van der Waals surface area contributed by atoms with Gasteiger partial charge in [-0.15, -0.1) is 9.13 Å². The fraction of sp³-hybridized carbons (Fsp3) is 0.284. The predicted molar refractivity (Wildman–Crippen MR) is 294 cm³/mol. The van der Waals surface area contributed by atoms with E-state index >= 15 is 0 Å². The molecule has 3 aliphatic heterocycles. The average Bonchev–Trinajstić information content (AvgIpc) is 3.83. The number of ether oxygens (including phenoxy) is 1. The number of rotatable bonds is 6. The zero-order chi connectivity index (χ0) is 51.5. The Kier molecular flexibility index (Phi) is 9.33. The van der Waals surface area contributed by atoms with Gasteiger partial charge in [-0.2, -0.15) is 4.57 Å². The Labute approximate surface area is 424 Å². The number of aromatic nitrogens is 3. The molecule has 354 valence electrons. The zero-order valence-corrected chi connectivity index (χ0v) is 43.8. The van der Waals surface area contributed by atoms with Crippen LogP contribution in [0.3, 0.4) is 0 Å². The van der Waals surface area contributed by atoms with Crippen molar-refractivity contribution in [2.75, 3.05) is 0 Å². The highest BCUT2D eigenvalue weighted by Gasteiger charge is 2.69. The second kappa shape index (κ2) is 15.5. The summed E-state index contributed by atoms with van der Waals surface area (Å²) in [5.41, 5.74) is 21.8. The van der Waals surface area contributed by atoms with Crippen LogP contribution in [-0.2, 0) is 22.1 Å². The Morgan fingerprint density at radius 2 is 1.14 bits per heavy atom. The van der Waals surface area contributed by atoms with Crippen LogP contribution < -0.4 is 13.9 Å². The lowest BCUT2D eigenvalue weighted by atomic mass is 9.78. The molecule has 4 nitrogen and oxygen atoms in total. The lowest BCUT2D eigenvalue weighted by molar-refractivity contribution is -0.997. The van der Waals surface area contributed by atoms with Gasteiger partial charge >= 0.3 is 11.7 Å². The molecule has 0 amide bonds. The summed E-state index contributed by atoms with van der Waals surface area (Å²) in [7, 11) is 0.